The first kappa shape index (κ1) is 29.2. The number of para-hydroxylation sites is 2. The van der Waals surface area contributed by atoms with Crippen molar-refractivity contribution in [1.29, 1.82) is 0 Å². The molecule has 5 heteroatoms. The number of thiophene rings is 1. The summed E-state index contributed by atoms with van der Waals surface area (Å²) in [5.41, 5.74) is 10.0. The Morgan fingerprint density at radius 2 is 1.21 bits per heavy atom. The molecule has 244 valence electrons. The van der Waals surface area contributed by atoms with Gasteiger partial charge in [0, 0.05) is 53.7 Å². The first-order chi connectivity index (χ1) is 25.7. The first-order valence-corrected chi connectivity index (χ1v) is 18.3. The topological polar surface area (TPSA) is 43.9 Å². The zero-order valence-electron chi connectivity index (χ0n) is 28.2. The molecule has 0 aliphatic carbocycles. The molecule has 0 bridgehead atoms. The quantitative estimate of drug-likeness (QED) is 0.185. The third-order valence-electron chi connectivity index (χ3n) is 10.4. The van der Waals surface area contributed by atoms with Gasteiger partial charge in [-0.15, -0.1) is 11.3 Å². The van der Waals surface area contributed by atoms with Crippen LogP contribution in [0.5, 0.6) is 0 Å². The van der Waals surface area contributed by atoms with E-state index in [2.05, 4.69) is 157 Å². The molecule has 0 fully saturated rings. The Kier molecular flexibility index (Phi) is 6.30. The Hall–Kier alpha value is -6.56. The lowest BCUT2D eigenvalue weighted by molar-refractivity contribution is 0.669. The SMILES string of the molecule is Cc1c(-c2ccccc2)nc(-c2cc(-c3ccccc3)c3c(c2)oc2ccccc23)nc1-n1c2ccccc2c2ccc3c4ccccc4sc3c21. The number of hydrogen-bond donors (Lipinski definition) is 0. The van der Waals surface area contributed by atoms with Gasteiger partial charge in [-0.2, -0.15) is 0 Å². The van der Waals surface area contributed by atoms with Crippen LogP contribution in [0, 0.1) is 6.92 Å². The predicted octanol–water partition coefficient (Wildman–Crippen LogP) is 13.2. The molecule has 0 N–H and O–H groups in total. The van der Waals surface area contributed by atoms with E-state index in [-0.39, 0.29) is 0 Å². The van der Waals surface area contributed by atoms with Gasteiger partial charge in [-0.05, 0) is 48.4 Å². The molecule has 0 spiro atoms. The van der Waals surface area contributed by atoms with Gasteiger partial charge in [0.2, 0.25) is 0 Å². The van der Waals surface area contributed by atoms with Crippen LogP contribution >= 0.6 is 11.3 Å². The Bertz CT molecular complexity index is 3190. The summed E-state index contributed by atoms with van der Waals surface area (Å²) in [6.45, 7) is 2.16. The van der Waals surface area contributed by atoms with Crippen LogP contribution in [0.2, 0.25) is 0 Å². The van der Waals surface area contributed by atoms with Crippen molar-refractivity contribution in [1.82, 2.24) is 14.5 Å². The van der Waals surface area contributed by atoms with E-state index in [1.165, 1.54) is 36.5 Å². The molecule has 0 radical (unpaired) electrons. The molecule has 52 heavy (non-hydrogen) atoms. The molecule has 4 nitrogen and oxygen atoms in total. The summed E-state index contributed by atoms with van der Waals surface area (Å²) in [6.07, 6.45) is 0. The van der Waals surface area contributed by atoms with Gasteiger partial charge in [-0.1, -0.05) is 127 Å². The van der Waals surface area contributed by atoms with Crippen LogP contribution in [-0.2, 0) is 0 Å². The van der Waals surface area contributed by atoms with E-state index in [1.54, 1.807) is 0 Å². The van der Waals surface area contributed by atoms with Crippen molar-refractivity contribution in [2.45, 2.75) is 6.92 Å². The highest BCUT2D eigenvalue weighted by atomic mass is 32.1. The lowest BCUT2D eigenvalue weighted by atomic mass is 9.96. The molecule has 7 aromatic carbocycles. The van der Waals surface area contributed by atoms with E-state index in [1.807, 2.05) is 23.5 Å². The Morgan fingerprint density at radius 1 is 0.538 bits per heavy atom. The fraction of sp³-hybridized carbons (Fsp3) is 0.0213. The monoisotopic (exact) mass is 683 g/mol. The molecule has 0 aliphatic heterocycles. The van der Waals surface area contributed by atoms with E-state index in [0.717, 1.165) is 66.8 Å². The maximum atomic E-state index is 6.55. The van der Waals surface area contributed by atoms with E-state index >= 15 is 0 Å². The van der Waals surface area contributed by atoms with Crippen LogP contribution in [0.15, 0.2) is 162 Å². The van der Waals surface area contributed by atoms with Crippen molar-refractivity contribution < 1.29 is 4.42 Å². The average Bonchev–Trinajstić information content (AvgIpc) is 3.88. The summed E-state index contributed by atoms with van der Waals surface area (Å²) >= 11 is 1.85. The average molecular weight is 684 g/mol. The number of fused-ring (bicyclic) bond motifs is 10. The minimum absolute atomic E-state index is 0.647. The van der Waals surface area contributed by atoms with Crippen molar-refractivity contribution in [3.05, 3.63) is 163 Å². The Morgan fingerprint density at radius 3 is 2.04 bits per heavy atom. The second-order valence-corrected chi connectivity index (χ2v) is 14.4. The van der Waals surface area contributed by atoms with E-state index < -0.39 is 0 Å². The molecule has 0 unspecified atom stereocenters. The van der Waals surface area contributed by atoms with E-state index in [0.29, 0.717) is 5.82 Å². The summed E-state index contributed by atoms with van der Waals surface area (Å²) in [4.78, 5) is 10.9. The minimum atomic E-state index is 0.647. The van der Waals surface area contributed by atoms with Crippen LogP contribution in [0.1, 0.15) is 5.56 Å². The highest BCUT2D eigenvalue weighted by molar-refractivity contribution is 7.26. The molecule has 0 saturated heterocycles. The van der Waals surface area contributed by atoms with Crippen molar-refractivity contribution in [3.63, 3.8) is 0 Å². The summed E-state index contributed by atoms with van der Waals surface area (Å²) in [6, 6.07) is 55.6. The van der Waals surface area contributed by atoms with E-state index in [9.17, 15) is 0 Å². The zero-order chi connectivity index (χ0) is 34.3. The minimum Gasteiger partial charge on any atom is -0.456 e. The number of nitrogens with zero attached hydrogens (tertiary/aromatic N) is 3. The van der Waals surface area contributed by atoms with Gasteiger partial charge in [0.1, 0.15) is 17.0 Å². The van der Waals surface area contributed by atoms with Crippen LogP contribution in [0.25, 0.3) is 104 Å². The molecule has 11 rings (SSSR count). The fourth-order valence-electron chi connectivity index (χ4n) is 8.01. The molecule has 4 aromatic heterocycles. The van der Waals surface area contributed by atoms with Crippen LogP contribution in [0.3, 0.4) is 0 Å². The van der Waals surface area contributed by atoms with Gasteiger partial charge in [-0.3, -0.25) is 4.57 Å². The van der Waals surface area contributed by atoms with Crippen molar-refractivity contribution >= 4 is 75.3 Å². The summed E-state index contributed by atoms with van der Waals surface area (Å²) in [5, 5.41) is 7.14. The maximum absolute atomic E-state index is 6.55. The summed E-state index contributed by atoms with van der Waals surface area (Å²) in [7, 11) is 0. The highest BCUT2D eigenvalue weighted by Gasteiger charge is 2.24. The lowest BCUT2D eigenvalue weighted by Crippen LogP contribution is -2.06. The smallest absolute Gasteiger partial charge is 0.162 e. The van der Waals surface area contributed by atoms with Gasteiger partial charge in [0.25, 0.3) is 0 Å². The normalized spacial score (nSPS) is 11.9. The number of hydrogen-bond acceptors (Lipinski definition) is 4. The number of benzene rings is 7. The molecular formula is C47H29N3OS. The van der Waals surface area contributed by atoms with Gasteiger partial charge >= 0.3 is 0 Å². The third kappa shape index (κ3) is 4.27. The zero-order valence-corrected chi connectivity index (χ0v) is 29.0. The number of furan rings is 1. The molecule has 0 atom stereocenters. The van der Waals surface area contributed by atoms with Crippen molar-refractivity contribution in [2.24, 2.45) is 0 Å². The van der Waals surface area contributed by atoms with Crippen molar-refractivity contribution in [2.75, 3.05) is 0 Å². The maximum Gasteiger partial charge on any atom is 0.162 e. The fourth-order valence-corrected chi connectivity index (χ4v) is 9.25. The molecule has 4 heterocycles. The summed E-state index contributed by atoms with van der Waals surface area (Å²) in [5.74, 6) is 1.51. The predicted molar refractivity (Wildman–Crippen MR) is 218 cm³/mol. The first-order valence-electron chi connectivity index (χ1n) is 17.5. The van der Waals surface area contributed by atoms with Gasteiger partial charge in [0.15, 0.2) is 5.82 Å². The second kappa shape index (κ2) is 11.2. The van der Waals surface area contributed by atoms with Crippen molar-refractivity contribution in [3.8, 4) is 39.6 Å². The molecule has 0 amide bonds. The second-order valence-electron chi connectivity index (χ2n) is 13.4. The largest absolute Gasteiger partial charge is 0.456 e. The van der Waals surface area contributed by atoms with Crippen LogP contribution in [-0.4, -0.2) is 14.5 Å². The van der Waals surface area contributed by atoms with Gasteiger partial charge in [0.05, 0.1) is 21.4 Å². The lowest BCUT2D eigenvalue weighted by Gasteiger charge is -2.16. The third-order valence-corrected chi connectivity index (χ3v) is 11.6. The van der Waals surface area contributed by atoms with Crippen LogP contribution < -0.4 is 0 Å². The molecular weight excluding hydrogens is 655 g/mol. The highest BCUT2D eigenvalue weighted by Crippen LogP contribution is 2.45. The Balaban J connectivity index is 1.27. The molecule has 0 saturated carbocycles. The number of aromatic nitrogens is 3. The molecule has 11 aromatic rings. The van der Waals surface area contributed by atoms with Gasteiger partial charge < -0.3 is 4.42 Å². The van der Waals surface area contributed by atoms with Crippen LogP contribution in [0.4, 0.5) is 0 Å². The Labute approximate surface area is 302 Å². The summed E-state index contributed by atoms with van der Waals surface area (Å²) < 4.78 is 11.5. The van der Waals surface area contributed by atoms with Gasteiger partial charge in [-0.25, -0.2) is 9.97 Å². The number of rotatable bonds is 4. The standard InChI is InChI=1S/C47H29N3OS/c1-28-43(30-16-6-3-7-17-30)48-46(31-26-37(29-14-4-2-5-15-29)42-36-20-9-12-22-39(36)51-40(42)27-31)49-47(28)50-38-21-11-8-18-32(38)34-24-25-35-33-19-10-13-23-41(33)52-45(35)44(34)50/h2-27H,1H3. The van der Waals surface area contributed by atoms with E-state index in [4.69, 9.17) is 14.4 Å². The molecule has 0 aliphatic rings.